The monoisotopic (exact) mass is 82.0 g/mol. The van der Waals surface area contributed by atoms with E-state index in [1.54, 1.807) is 6.08 Å². The first kappa shape index (κ1) is 3.40. The second kappa shape index (κ2) is 1.12. The van der Waals surface area contributed by atoms with Crippen LogP contribution in [0.3, 0.4) is 0 Å². The molecule has 31 valence electrons. The molecule has 0 unspecified atom stereocenters. The predicted octanol–water partition coefficient (Wildman–Crippen LogP) is -0.524. The summed E-state index contributed by atoms with van der Waals surface area (Å²) in [7, 11) is 0. The van der Waals surface area contributed by atoms with E-state index in [4.69, 9.17) is 0 Å². The molecule has 0 aromatic rings. The van der Waals surface area contributed by atoms with Crippen LogP contribution in [0.1, 0.15) is 0 Å². The Labute approximate surface area is 35.9 Å². The van der Waals surface area contributed by atoms with Crippen molar-refractivity contribution in [2.75, 3.05) is 6.54 Å². The van der Waals surface area contributed by atoms with Crippen LogP contribution in [0, 0.1) is 6.08 Å². The van der Waals surface area contributed by atoms with Crippen molar-refractivity contribution in [2.45, 2.75) is 0 Å². The van der Waals surface area contributed by atoms with Crippen LogP contribution in [0.5, 0.6) is 0 Å². The van der Waals surface area contributed by atoms with Crippen molar-refractivity contribution in [2.24, 2.45) is 0 Å². The average Bonchev–Trinajstić information content (AvgIpc) is 1.86. The third kappa shape index (κ3) is 0.407. The minimum atomic E-state index is -0.102. The Balaban J connectivity index is 2.59. The zero-order chi connectivity index (χ0) is 4.41. The number of carbonyl (C=O) groups is 1. The normalized spacial score (nSPS) is 18.3. The van der Waals surface area contributed by atoms with E-state index in [-0.39, 0.29) is 5.91 Å². The van der Waals surface area contributed by atoms with Gasteiger partial charge in [0.1, 0.15) is 0 Å². The molecule has 1 rings (SSSR count). The van der Waals surface area contributed by atoms with Gasteiger partial charge in [-0.05, 0) is 0 Å². The molecular weight excluding hydrogens is 78.0 g/mol. The van der Waals surface area contributed by atoms with E-state index in [0.29, 0.717) is 6.54 Å². The predicted molar refractivity (Wildman–Crippen MR) is 20.8 cm³/mol. The number of amides is 1. The van der Waals surface area contributed by atoms with Crippen LogP contribution in [0.15, 0.2) is 6.08 Å². The van der Waals surface area contributed by atoms with E-state index in [1.807, 2.05) is 0 Å². The van der Waals surface area contributed by atoms with Gasteiger partial charge in [-0.25, -0.2) is 0 Å². The molecule has 1 N–H and O–H groups in total. The van der Waals surface area contributed by atoms with Gasteiger partial charge in [-0.3, -0.25) is 4.79 Å². The first-order valence-corrected chi connectivity index (χ1v) is 1.75. The number of rotatable bonds is 0. The van der Waals surface area contributed by atoms with Crippen molar-refractivity contribution in [1.82, 2.24) is 5.32 Å². The highest BCUT2D eigenvalue weighted by molar-refractivity contribution is 5.85. The van der Waals surface area contributed by atoms with Crippen molar-refractivity contribution >= 4 is 5.91 Å². The van der Waals surface area contributed by atoms with Gasteiger partial charge in [0.25, 0.3) is 5.91 Å². The molecule has 1 radical (unpaired) electrons. The summed E-state index contributed by atoms with van der Waals surface area (Å²) in [5, 5.41) is 2.51. The zero-order valence-corrected chi connectivity index (χ0v) is 3.19. The lowest BCUT2D eigenvalue weighted by Crippen LogP contribution is -2.13. The van der Waals surface area contributed by atoms with Crippen LogP contribution in [0.2, 0.25) is 0 Å². The average molecular weight is 82.1 g/mol. The van der Waals surface area contributed by atoms with Crippen LogP contribution < -0.4 is 5.32 Å². The lowest BCUT2D eigenvalue weighted by Gasteiger charge is -1.80. The van der Waals surface area contributed by atoms with Crippen LogP contribution in [-0.4, -0.2) is 12.5 Å². The molecule has 0 aromatic carbocycles. The third-order valence-electron chi connectivity index (χ3n) is 0.598. The van der Waals surface area contributed by atoms with Gasteiger partial charge in [0.15, 0.2) is 0 Å². The Kier molecular flexibility index (Phi) is 0.638. The minimum Gasteiger partial charge on any atom is -0.349 e. The van der Waals surface area contributed by atoms with Gasteiger partial charge in [0, 0.05) is 12.6 Å². The summed E-state index contributed by atoms with van der Waals surface area (Å²) < 4.78 is 0. The van der Waals surface area contributed by atoms with Gasteiger partial charge in [-0.2, -0.15) is 0 Å². The van der Waals surface area contributed by atoms with Crippen LogP contribution in [0.25, 0.3) is 0 Å². The maximum absolute atomic E-state index is 9.99. The molecule has 0 saturated heterocycles. The Morgan fingerprint density at radius 2 is 2.83 bits per heavy atom. The second-order valence-corrected chi connectivity index (χ2v) is 1.06. The summed E-state index contributed by atoms with van der Waals surface area (Å²) >= 11 is 0. The Morgan fingerprint density at radius 1 is 2.00 bits per heavy atom. The fourth-order valence-electron chi connectivity index (χ4n) is 0.338. The standard InChI is InChI=1S/C4H4NO/c6-4-2-1-3-5-4/h1H,3H2,(H,5,6). The molecule has 1 amide bonds. The van der Waals surface area contributed by atoms with E-state index in [9.17, 15) is 4.79 Å². The topological polar surface area (TPSA) is 29.1 Å². The number of hydrogen-bond acceptors (Lipinski definition) is 1. The van der Waals surface area contributed by atoms with Crippen LogP contribution >= 0.6 is 0 Å². The van der Waals surface area contributed by atoms with Gasteiger partial charge in [0.05, 0.1) is 0 Å². The van der Waals surface area contributed by atoms with Gasteiger partial charge >= 0.3 is 0 Å². The molecule has 6 heavy (non-hydrogen) atoms. The molecule has 0 aliphatic carbocycles. The smallest absolute Gasteiger partial charge is 0.252 e. The second-order valence-electron chi connectivity index (χ2n) is 1.06. The maximum Gasteiger partial charge on any atom is 0.252 e. The number of hydrogen-bond donors (Lipinski definition) is 1. The van der Waals surface area contributed by atoms with Crippen molar-refractivity contribution in [3.8, 4) is 0 Å². The van der Waals surface area contributed by atoms with E-state index < -0.39 is 0 Å². The van der Waals surface area contributed by atoms with E-state index in [2.05, 4.69) is 11.4 Å². The minimum absolute atomic E-state index is 0.102. The highest BCUT2D eigenvalue weighted by Crippen LogP contribution is 1.77. The first-order chi connectivity index (χ1) is 2.89. The summed E-state index contributed by atoms with van der Waals surface area (Å²) in [6, 6.07) is 0. The van der Waals surface area contributed by atoms with Gasteiger partial charge in [0.2, 0.25) is 0 Å². The Morgan fingerprint density at radius 3 is 3.00 bits per heavy atom. The SMILES string of the molecule is O=C1[C]=CCN1. The summed E-state index contributed by atoms with van der Waals surface area (Å²) in [6.07, 6.45) is 4.11. The van der Waals surface area contributed by atoms with Crippen LogP contribution in [0.4, 0.5) is 0 Å². The number of carbonyl (C=O) groups excluding carboxylic acids is 1. The molecule has 0 fully saturated rings. The van der Waals surface area contributed by atoms with Gasteiger partial charge in [-0.1, -0.05) is 6.08 Å². The molecule has 2 heteroatoms. The van der Waals surface area contributed by atoms with E-state index in [0.717, 1.165) is 0 Å². The summed E-state index contributed by atoms with van der Waals surface area (Å²) in [5.41, 5.74) is 0. The van der Waals surface area contributed by atoms with Gasteiger partial charge in [-0.15, -0.1) is 0 Å². The molecule has 0 aromatic heterocycles. The Bertz CT molecular complexity index is 95.7. The molecule has 1 heterocycles. The van der Waals surface area contributed by atoms with Crippen molar-refractivity contribution in [3.63, 3.8) is 0 Å². The fraction of sp³-hybridized carbons (Fsp3) is 0.250. The molecule has 1 aliphatic rings. The van der Waals surface area contributed by atoms with E-state index >= 15 is 0 Å². The van der Waals surface area contributed by atoms with Crippen molar-refractivity contribution < 1.29 is 4.79 Å². The fourth-order valence-corrected chi connectivity index (χ4v) is 0.338. The molecule has 1 aliphatic heterocycles. The molecule has 0 saturated carbocycles. The summed E-state index contributed by atoms with van der Waals surface area (Å²) in [5.74, 6) is -0.102. The summed E-state index contributed by atoms with van der Waals surface area (Å²) in [4.78, 5) is 9.99. The van der Waals surface area contributed by atoms with Gasteiger partial charge < -0.3 is 5.32 Å². The van der Waals surface area contributed by atoms with Crippen LogP contribution in [-0.2, 0) is 4.79 Å². The molecule has 0 atom stereocenters. The van der Waals surface area contributed by atoms with Crippen molar-refractivity contribution in [1.29, 1.82) is 0 Å². The quantitative estimate of drug-likeness (QED) is 0.418. The summed E-state index contributed by atoms with van der Waals surface area (Å²) in [6.45, 7) is 0.652. The third-order valence-corrected chi connectivity index (χ3v) is 0.598. The zero-order valence-electron chi connectivity index (χ0n) is 3.19. The molecular formula is C4H4NO. The highest BCUT2D eigenvalue weighted by atomic mass is 16.1. The molecule has 2 nitrogen and oxygen atoms in total. The molecule has 0 spiro atoms. The Hall–Kier alpha value is -0.790. The van der Waals surface area contributed by atoms with Crippen molar-refractivity contribution in [3.05, 3.63) is 12.2 Å². The first-order valence-electron chi connectivity index (χ1n) is 1.75. The highest BCUT2D eigenvalue weighted by Gasteiger charge is 1.96. The largest absolute Gasteiger partial charge is 0.349 e. The lowest BCUT2D eigenvalue weighted by atomic mass is 10.6. The molecule has 0 bridgehead atoms. The number of nitrogens with one attached hydrogen (secondary N) is 1. The maximum atomic E-state index is 9.99. The van der Waals surface area contributed by atoms with E-state index in [1.165, 1.54) is 0 Å². The lowest BCUT2D eigenvalue weighted by molar-refractivity contribution is -0.116.